The Kier molecular flexibility index (Phi) is 6.80. The standard InChI is InChI=1S/C21H28F3N5O/c1-14-6-9-28(10-7-14)11-8-25-20(30)12-18-15(2)27-29(16(18)3)19-5-4-17(13-26-19)21(22,23)24/h4-5,13-14H,6-12H2,1-3H3,(H,25,30). The fourth-order valence-corrected chi connectivity index (χ4v) is 3.70. The molecule has 0 unspecified atom stereocenters. The van der Waals surface area contributed by atoms with Crippen molar-refractivity contribution in [2.45, 2.75) is 46.2 Å². The van der Waals surface area contributed by atoms with E-state index in [-0.39, 0.29) is 18.1 Å². The van der Waals surface area contributed by atoms with Gasteiger partial charge >= 0.3 is 6.18 Å². The summed E-state index contributed by atoms with van der Waals surface area (Å²) in [5.74, 6) is 0.971. The number of alkyl halides is 3. The number of carbonyl (C=O) groups is 1. The topological polar surface area (TPSA) is 63.1 Å². The lowest BCUT2D eigenvalue weighted by atomic mass is 9.99. The molecular formula is C21H28F3N5O. The predicted molar refractivity (Wildman–Crippen MR) is 107 cm³/mol. The molecule has 9 heteroatoms. The first kappa shape index (κ1) is 22.3. The van der Waals surface area contributed by atoms with Gasteiger partial charge in [-0.15, -0.1) is 0 Å². The lowest BCUT2D eigenvalue weighted by Gasteiger charge is -2.30. The monoisotopic (exact) mass is 423 g/mol. The van der Waals surface area contributed by atoms with Crippen LogP contribution < -0.4 is 5.32 Å². The van der Waals surface area contributed by atoms with E-state index >= 15 is 0 Å². The number of likely N-dealkylation sites (tertiary alicyclic amines) is 1. The Morgan fingerprint density at radius 2 is 1.93 bits per heavy atom. The summed E-state index contributed by atoms with van der Waals surface area (Å²) < 4.78 is 39.7. The number of amides is 1. The van der Waals surface area contributed by atoms with Gasteiger partial charge in [-0.25, -0.2) is 9.67 Å². The Labute approximate surface area is 174 Å². The van der Waals surface area contributed by atoms with E-state index in [1.807, 2.05) is 0 Å². The molecule has 1 aliphatic heterocycles. The highest BCUT2D eigenvalue weighted by molar-refractivity contribution is 5.79. The Morgan fingerprint density at radius 1 is 1.23 bits per heavy atom. The van der Waals surface area contributed by atoms with Crippen molar-refractivity contribution in [1.82, 2.24) is 25.0 Å². The van der Waals surface area contributed by atoms with Crippen molar-refractivity contribution in [1.29, 1.82) is 0 Å². The van der Waals surface area contributed by atoms with E-state index < -0.39 is 11.7 Å². The number of pyridine rings is 1. The zero-order valence-corrected chi connectivity index (χ0v) is 17.6. The van der Waals surface area contributed by atoms with E-state index in [0.717, 1.165) is 43.4 Å². The summed E-state index contributed by atoms with van der Waals surface area (Å²) in [6, 6.07) is 2.26. The fourth-order valence-electron chi connectivity index (χ4n) is 3.70. The molecule has 1 N–H and O–H groups in total. The van der Waals surface area contributed by atoms with Crippen LogP contribution in [0.3, 0.4) is 0 Å². The maximum absolute atomic E-state index is 12.7. The van der Waals surface area contributed by atoms with Gasteiger partial charge in [-0.3, -0.25) is 4.79 Å². The summed E-state index contributed by atoms with van der Waals surface area (Å²) in [5, 5.41) is 7.33. The number of aryl methyl sites for hydroxylation is 1. The molecule has 0 radical (unpaired) electrons. The minimum atomic E-state index is -4.43. The van der Waals surface area contributed by atoms with Crippen molar-refractivity contribution in [2.75, 3.05) is 26.2 Å². The summed E-state index contributed by atoms with van der Waals surface area (Å²) in [4.78, 5) is 18.7. The van der Waals surface area contributed by atoms with E-state index in [1.165, 1.54) is 23.6 Å². The van der Waals surface area contributed by atoms with Crippen LogP contribution in [0.5, 0.6) is 0 Å². The van der Waals surface area contributed by atoms with E-state index in [2.05, 4.69) is 27.2 Å². The number of nitrogens with one attached hydrogen (secondary N) is 1. The van der Waals surface area contributed by atoms with Gasteiger partial charge in [-0.2, -0.15) is 18.3 Å². The zero-order chi connectivity index (χ0) is 21.9. The van der Waals surface area contributed by atoms with Crippen molar-refractivity contribution < 1.29 is 18.0 Å². The van der Waals surface area contributed by atoms with Gasteiger partial charge in [0.1, 0.15) is 0 Å². The van der Waals surface area contributed by atoms with Crippen LogP contribution in [0.1, 0.15) is 42.3 Å². The van der Waals surface area contributed by atoms with Crippen LogP contribution in [0, 0.1) is 19.8 Å². The third-order valence-corrected chi connectivity index (χ3v) is 5.70. The number of aromatic nitrogens is 3. The van der Waals surface area contributed by atoms with Gasteiger partial charge in [0.25, 0.3) is 0 Å². The molecule has 2 aromatic rings. The molecule has 0 aliphatic carbocycles. The molecule has 0 atom stereocenters. The average Bonchev–Trinajstić information content (AvgIpc) is 2.97. The van der Waals surface area contributed by atoms with Gasteiger partial charge in [0.15, 0.2) is 5.82 Å². The zero-order valence-electron chi connectivity index (χ0n) is 17.6. The van der Waals surface area contributed by atoms with Gasteiger partial charge in [-0.05, 0) is 57.8 Å². The second kappa shape index (κ2) is 9.16. The second-order valence-corrected chi connectivity index (χ2v) is 8.01. The molecule has 6 nitrogen and oxygen atoms in total. The lowest BCUT2D eigenvalue weighted by molar-refractivity contribution is -0.137. The fraction of sp³-hybridized carbons (Fsp3) is 0.571. The van der Waals surface area contributed by atoms with Gasteiger partial charge in [-0.1, -0.05) is 6.92 Å². The number of hydrogen-bond acceptors (Lipinski definition) is 4. The summed E-state index contributed by atoms with van der Waals surface area (Å²) in [5.41, 5.74) is 1.31. The normalized spacial score (nSPS) is 16.1. The summed E-state index contributed by atoms with van der Waals surface area (Å²) in [6.45, 7) is 9.42. The molecule has 2 aromatic heterocycles. The van der Waals surface area contributed by atoms with Crippen LogP contribution in [-0.2, 0) is 17.4 Å². The van der Waals surface area contributed by atoms with Crippen molar-refractivity contribution in [3.8, 4) is 5.82 Å². The van der Waals surface area contributed by atoms with Crippen molar-refractivity contribution in [2.24, 2.45) is 5.92 Å². The van der Waals surface area contributed by atoms with Crippen molar-refractivity contribution in [3.05, 3.63) is 40.8 Å². The number of rotatable bonds is 6. The van der Waals surface area contributed by atoms with E-state index in [1.54, 1.807) is 13.8 Å². The Balaban J connectivity index is 1.59. The highest BCUT2D eigenvalue weighted by Gasteiger charge is 2.31. The minimum absolute atomic E-state index is 0.0912. The third-order valence-electron chi connectivity index (χ3n) is 5.70. The number of carbonyl (C=O) groups excluding carboxylic acids is 1. The molecular weight excluding hydrogens is 395 g/mol. The van der Waals surface area contributed by atoms with E-state index in [4.69, 9.17) is 0 Å². The van der Waals surface area contributed by atoms with Crippen molar-refractivity contribution >= 4 is 5.91 Å². The van der Waals surface area contributed by atoms with Crippen LogP contribution in [0.25, 0.3) is 5.82 Å². The molecule has 3 rings (SSSR count). The molecule has 0 aromatic carbocycles. The maximum atomic E-state index is 12.7. The van der Waals surface area contributed by atoms with Crippen LogP contribution >= 0.6 is 0 Å². The number of piperidine rings is 1. The molecule has 0 bridgehead atoms. The molecule has 1 saturated heterocycles. The summed E-state index contributed by atoms with van der Waals surface area (Å²) in [7, 11) is 0. The van der Waals surface area contributed by atoms with Gasteiger partial charge in [0.05, 0.1) is 17.7 Å². The van der Waals surface area contributed by atoms with Crippen LogP contribution in [0.2, 0.25) is 0 Å². The molecule has 1 amide bonds. The predicted octanol–water partition coefficient (Wildman–Crippen LogP) is 3.29. The quantitative estimate of drug-likeness (QED) is 0.775. The Hall–Kier alpha value is -2.42. The van der Waals surface area contributed by atoms with Gasteiger partial charge < -0.3 is 10.2 Å². The molecule has 0 saturated carbocycles. The van der Waals surface area contributed by atoms with Crippen LogP contribution in [-0.4, -0.2) is 51.8 Å². The maximum Gasteiger partial charge on any atom is 0.417 e. The summed E-state index contributed by atoms with van der Waals surface area (Å²) in [6.07, 6.45) is -1.07. The number of hydrogen-bond donors (Lipinski definition) is 1. The molecule has 1 aliphatic rings. The van der Waals surface area contributed by atoms with Crippen LogP contribution in [0.4, 0.5) is 13.2 Å². The number of halogens is 3. The first-order valence-corrected chi connectivity index (χ1v) is 10.2. The van der Waals surface area contributed by atoms with Crippen molar-refractivity contribution in [3.63, 3.8) is 0 Å². The van der Waals surface area contributed by atoms with E-state index in [0.29, 0.717) is 17.9 Å². The highest BCUT2D eigenvalue weighted by Crippen LogP contribution is 2.29. The molecule has 30 heavy (non-hydrogen) atoms. The lowest BCUT2D eigenvalue weighted by Crippen LogP contribution is -2.39. The minimum Gasteiger partial charge on any atom is -0.355 e. The molecule has 1 fully saturated rings. The smallest absolute Gasteiger partial charge is 0.355 e. The summed E-state index contributed by atoms with van der Waals surface area (Å²) >= 11 is 0. The molecule has 3 heterocycles. The van der Waals surface area contributed by atoms with Gasteiger partial charge in [0, 0.05) is 30.5 Å². The van der Waals surface area contributed by atoms with E-state index in [9.17, 15) is 18.0 Å². The van der Waals surface area contributed by atoms with Gasteiger partial charge in [0.2, 0.25) is 5.91 Å². The largest absolute Gasteiger partial charge is 0.417 e. The molecule has 164 valence electrons. The SMILES string of the molecule is Cc1nn(-c2ccc(C(F)(F)F)cn2)c(C)c1CC(=O)NCCN1CCC(C)CC1. The second-order valence-electron chi connectivity index (χ2n) is 8.01. The first-order valence-electron chi connectivity index (χ1n) is 10.2. The Bertz CT molecular complexity index is 868. The average molecular weight is 423 g/mol. The third kappa shape index (κ3) is 5.38. The number of nitrogens with zero attached hydrogens (tertiary/aromatic N) is 4. The first-order chi connectivity index (χ1) is 14.1. The highest BCUT2D eigenvalue weighted by atomic mass is 19.4. The van der Waals surface area contributed by atoms with Crippen LogP contribution in [0.15, 0.2) is 18.3 Å². The Morgan fingerprint density at radius 3 is 2.53 bits per heavy atom. The molecule has 0 spiro atoms.